The number of sulfone groups is 2. The van der Waals surface area contributed by atoms with Crippen molar-refractivity contribution in [3.63, 3.8) is 0 Å². The van der Waals surface area contributed by atoms with Gasteiger partial charge in [-0.15, -0.1) is 0 Å². The summed E-state index contributed by atoms with van der Waals surface area (Å²) in [5, 5.41) is 19.8. The number of anilines is 8. The monoisotopic (exact) mass is 1380 g/mol. The van der Waals surface area contributed by atoms with Crippen LogP contribution in [0.25, 0.3) is 44.3 Å². The van der Waals surface area contributed by atoms with Gasteiger partial charge in [-0.05, 0) is 126 Å². The van der Waals surface area contributed by atoms with Gasteiger partial charge in [0.05, 0.1) is 74.1 Å². The molecule has 4 aromatic heterocycles. The van der Waals surface area contributed by atoms with Gasteiger partial charge in [-0.3, -0.25) is 9.59 Å². The summed E-state index contributed by atoms with van der Waals surface area (Å²) in [7, 11) is 0.823. The number of para-hydroxylation sites is 2. The number of carbonyl (C=O) groups is 4. The van der Waals surface area contributed by atoms with Crippen LogP contribution in [-0.4, -0.2) is 126 Å². The average Bonchev–Trinajstić information content (AvgIpc) is 1.64. The Morgan fingerprint density at radius 3 is 1.40 bits per heavy atom. The van der Waals surface area contributed by atoms with Crippen LogP contribution in [0.15, 0.2) is 168 Å². The Bertz CT molecular complexity index is 4770. The molecule has 0 saturated carbocycles. The number of hydrogen-bond acceptors (Lipinski definition) is 19. The van der Waals surface area contributed by atoms with Crippen molar-refractivity contribution >= 4 is 111 Å². The van der Waals surface area contributed by atoms with Crippen molar-refractivity contribution in [3.05, 3.63) is 181 Å². The van der Waals surface area contributed by atoms with Crippen LogP contribution in [0.3, 0.4) is 0 Å². The molecule has 0 radical (unpaired) electrons. The number of carboxylic acid groups (broad SMARTS) is 1. The minimum Gasteiger partial charge on any atom is -0.481 e. The topological polar surface area (TPSA) is 305 Å². The summed E-state index contributed by atoms with van der Waals surface area (Å²) in [5.41, 5.74) is 17.8. The molecule has 4 heterocycles. The van der Waals surface area contributed by atoms with Gasteiger partial charge < -0.3 is 55.2 Å². The number of benzene rings is 6. The highest BCUT2D eigenvalue weighted by atomic mass is 32.2. The SMILES string of the molecule is CCCN(C)c1cc(C)c(Nc2ncc(C(=O)OC(C)C)c(-c3cn(C)c4ccccc34)n2)cc1N.CCCN(C)c1cc(C)c(Nc2ncc(C(=O)OC(C)C)c(-c3cn(C)c4ccccc34)n2)cc1NC(=O)CCS(=O)(=O)c1ccccc1.O=C(O)CCS(=O)(=O)c1ccccc1. The highest BCUT2D eigenvalue weighted by Gasteiger charge is 2.26. The van der Waals surface area contributed by atoms with E-state index in [0.717, 1.165) is 87.1 Å². The van der Waals surface area contributed by atoms with E-state index < -0.39 is 43.5 Å². The van der Waals surface area contributed by atoms with Crippen LogP contribution in [-0.2, 0) is 52.8 Å². The number of fused-ring (bicyclic) bond motifs is 2. The first kappa shape index (κ1) is 74.1. The van der Waals surface area contributed by atoms with Gasteiger partial charge in [-0.1, -0.05) is 86.6 Å². The van der Waals surface area contributed by atoms with E-state index in [1.165, 1.54) is 36.7 Å². The predicted octanol–water partition coefficient (Wildman–Crippen LogP) is 13.5. The van der Waals surface area contributed by atoms with Gasteiger partial charge in [-0.2, -0.15) is 0 Å². The van der Waals surface area contributed by atoms with Gasteiger partial charge in [0.15, 0.2) is 19.7 Å². The van der Waals surface area contributed by atoms with Crippen LogP contribution in [0, 0.1) is 13.8 Å². The van der Waals surface area contributed by atoms with Crippen LogP contribution >= 0.6 is 0 Å². The normalized spacial score (nSPS) is 11.3. The van der Waals surface area contributed by atoms with Gasteiger partial charge in [0.2, 0.25) is 17.8 Å². The van der Waals surface area contributed by atoms with E-state index >= 15 is 0 Å². The number of nitrogen functional groups attached to an aromatic ring is 1. The second-order valence-corrected chi connectivity index (χ2v) is 28.6. The van der Waals surface area contributed by atoms with Crippen molar-refractivity contribution in [3.8, 4) is 22.5 Å². The molecule has 10 rings (SSSR count). The number of amides is 1. The summed E-state index contributed by atoms with van der Waals surface area (Å²) in [6, 6.07) is 39.5. The second kappa shape index (κ2) is 33.1. The summed E-state index contributed by atoms with van der Waals surface area (Å²) in [6.07, 6.45) is 7.65. The van der Waals surface area contributed by atoms with Crippen LogP contribution in [0.4, 0.5) is 46.0 Å². The first-order valence-electron chi connectivity index (χ1n) is 32.4. The lowest BCUT2D eigenvalue weighted by atomic mass is 10.1. The summed E-state index contributed by atoms with van der Waals surface area (Å²) < 4.78 is 63.6. The summed E-state index contributed by atoms with van der Waals surface area (Å²) in [5.74, 6) is -2.58. The number of nitrogens with one attached hydrogen (secondary N) is 3. The molecule has 0 saturated heterocycles. The van der Waals surface area contributed by atoms with Gasteiger partial charge >= 0.3 is 17.9 Å². The minimum absolute atomic E-state index is 0.168. The molecule has 99 heavy (non-hydrogen) atoms. The fourth-order valence-electron chi connectivity index (χ4n) is 10.9. The Hall–Kier alpha value is -10.7. The first-order valence-corrected chi connectivity index (χ1v) is 35.7. The molecule has 1 amide bonds. The number of rotatable bonds is 25. The van der Waals surface area contributed by atoms with E-state index in [9.17, 15) is 36.0 Å². The lowest BCUT2D eigenvalue weighted by Crippen LogP contribution is -2.22. The van der Waals surface area contributed by atoms with Gasteiger partial charge in [0, 0.05) is 117 Å². The Kier molecular flexibility index (Phi) is 24.8. The zero-order chi connectivity index (χ0) is 71.9. The second-order valence-electron chi connectivity index (χ2n) is 24.4. The molecule has 0 atom stereocenters. The van der Waals surface area contributed by atoms with Crippen LogP contribution in [0.1, 0.15) is 99.1 Å². The largest absolute Gasteiger partial charge is 0.481 e. The standard InChI is InChI=1S/C37H42N6O5S.C28H34N6O2.C9H10O4S/c1-7-18-42(5)33-20-25(4)30(21-31(33)39-34(44)17-19-49(46,47)26-13-9-8-10-14-26)40-37-38-22-28(36(45)48-24(2)3)35(41-37)29-23-43(6)32-16-12-11-15-27(29)32;1-7-12-33(5)25-13-18(4)23(14-22(25)29)31-28-30-15-20(27(35)36-17(2)3)26(32-28)21-16-34(6)24-11-9-8-10-19(21)24;10-9(11)6-7-14(12,13)8-4-2-1-3-5-8/h8-16,20-24H,7,17-19H2,1-6H3,(H,39,44)(H,38,40,41);8-11,13-17H,7,12,29H2,1-6H3,(H,30,31,32);1-5H,6-7H2,(H,10,11). The molecule has 0 aliphatic heterocycles. The minimum atomic E-state index is -3.63. The summed E-state index contributed by atoms with van der Waals surface area (Å²) in [6.45, 7) is 17.0. The van der Waals surface area contributed by atoms with Gasteiger partial charge in [0.25, 0.3) is 0 Å². The van der Waals surface area contributed by atoms with Crippen molar-refractivity contribution in [2.24, 2.45) is 14.1 Å². The van der Waals surface area contributed by atoms with Gasteiger partial charge in [0.1, 0.15) is 11.1 Å². The number of aliphatic carboxylic acids is 1. The van der Waals surface area contributed by atoms with Crippen molar-refractivity contribution in [1.29, 1.82) is 0 Å². The zero-order valence-electron chi connectivity index (χ0n) is 57.8. The van der Waals surface area contributed by atoms with E-state index in [-0.39, 0.29) is 57.9 Å². The number of ether oxygens (including phenoxy) is 2. The summed E-state index contributed by atoms with van der Waals surface area (Å²) >= 11 is 0. The summed E-state index contributed by atoms with van der Waals surface area (Å²) in [4.78, 5) is 72.7. The number of nitrogens with two attached hydrogens (primary N) is 1. The third kappa shape index (κ3) is 18.9. The van der Waals surface area contributed by atoms with E-state index in [1.807, 2.05) is 143 Å². The molecule has 6 N–H and O–H groups in total. The maximum absolute atomic E-state index is 13.2. The number of nitrogens with zero attached hydrogens (tertiary/aromatic N) is 8. The lowest BCUT2D eigenvalue weighted by molar-refractivity contribution is -0.136. The molecule has 0 spiro atoms. The van der Waals surface area contributed by atoms with Crippen LogP contribution in [0.5, 0.6) is 0 Å². The van der Waals surface area contributed by atoms with Crippen LogP contribution in [0.2, 0.25) is 0 Å². The van der Waals surface area contributed by atoms with Crippen molar-refractivity contribution in [2.45, 2.75) is 103 Å². The molecule has 520 valence electrons. The maximum Gasteiger partial charge on any atom is 0.342 e. The predicted molar refractivity (Wildman–Crippen MR) is 392 cm³/mol. The molecular weight excluding hydrogens is 1300 g/mol. The Morgan fingerprint density at radius 2 is 0.970 bits per heavy atom. The van der Waals surface area contributed by atoms with E-state index in [2.05, 4.69) is 50.7 Å². The molecule has 0 fully saturated rings. The smallest absolute Gasteiger partial charge is 0.342 e. The van der Waals surface area contributed by atoms with Gasteiger partial charge in [-0.25, -0.2) is 46.4 Å². The third-order valence-electron chi connectivity index (χ3n) is 15.8. The molecule has 25 heteroatoms. The van der Waals surface area contributed by atoms with E-state index in [1.54, 1.807) is 56.3 Å². The number of aryl methyl sites for hydroxylation is 4. The average molecular weight is 1380 g/mol. The number of hydrogen-bond donors (Lipinski definition) is 5. The third-order valence-corrected chi connectivity index (χ3v) is 19.3. The fourth-order valence-corrected chi connectivity index (χ4v) is 13.4. The Labute approximate surface area is 578 Å². The Morgan fingerprint density at radius 1 is 0.566 bits per heavy atom. The van der Waals surface area contributed by atoms with Crippen molar-refractivity contribution in [2.75, 3.05) is 70.2 Å². The number of carboxylic acids is 1. The van der Waals surface area contributed by atoms with Crippen LogP contribution < -0.4 is 31.5 Å². The molecule has 0 unspecified atom stereocenters. The molecule has 23 nitrogen and oxygen atoms in total. The van der Waals surface area contributed by atoms with Crippen molar-refractivity contribution < 1.29 is 50.6 Å². The highest BCUT2D eigenvalue weighted by Crippen LogP contribution is 2.38. The number of aromatic nitrogens is 6. The Balaban J connectivity index is 0.000000217. The van der Waals surface area contributed by atoms with Crippen molar-refractivity contribution in [1.82, 2.24) is 29.1 Å². The molecule has 10 aromatic rings. The lowest BCUT2D eigenvalue weighted by Gasteiger charge is -2.24. The quantitative estimate of drug-likeness (QED) is 0.0262. The molecule has 6 aromatic carbocycles. The van der Waals surface area contributed by atoms with E-state index in [4.69, 9.17) is 30.3 Å². The molecular formula is C74H86N12O11S2. The first-order chi connectivity index (χ1) is 47.1. The molecule has 0 bridgehead atoms. The molecule has 0 aliphatic rings. The molecule has 0 aliphatic carbocycles. The highest BCUT2D eigenvalue weighted by molar-refractivity contribution is 7.91. The number of carbonyl (C=O) groups excluding carboxylic acids is 3. The number of esters is 2. The van der Waals surface area contributed by atoms with E-state index in [0.29, 0.717) is 40.0 Å². The zero-order valence-corrected chi connectivity index (χ0v) is 59.5. The fraction of sp³-hybridized carbons (Fsp3) is 0.297. The maximum atomic E-state index is 13.2.